The van der Waals surface area contributed by atoms with E-state index in [-0.39, 0.29) is 18.0 Å². The molecule has 0 aliphatic carbocycles. The van der Waals surface area contributed by atoms with Gasteiger partial charge in [-0.05, 0) is 24.5 Å². The number of carbonyl (C=O) groups is 2. The van der Waals surface area contributed by atoms with E-state index in [1.165, 1.54) is 0 Å². The van der Waals surface area contributed by atoms with Gasteiger partial charge in [-0.2, -0.15) is 4.39 Å². The van der Waals surface area contributed by atoms with Crippen LogP contribution in [-0.2, 0) is 4.79 Å². The van der Waals surface area contributed by atoms with Crippen LogP contribution in [0.1, 0.15) is 20.3 Å². The number of anilines is 1. The van der Waals surface area contributed by atoms with Gasteiger partial charge in [-0.3, -0.25) is 0 Å². The highest BCUT2D eigenvalue weighted by Crippen LogP contribution is 2.28. The fraction of sp³-hybridized carbons (Fsp3) is 0.385. The number of benzene rings is 1. The van der Waals surface area contributed by atoms with Crippen LogP contribution in [0.3, 0.4) is 0 Å². The van der Waals surface area contributed by atoms with Crippen LogP contribution in [0.2, 0.25) is 0 Å². The number of aliphatic carboxylic acids is 1. The van der Waals surface area contributed by atoms with Gasteiger partial charge in [0.05, 0.1) is 5.69 Å². The summed E-state index contributed by atoms with van der Waals surface area (Å²) in [6, 6.07) is -0.374. The minimum atomic E-state index is -1.50. The van der Waals surface area contributed by atoms with Gasteiger partial charge in [0, 0.05) is 0 Å². The summed E-state index contributed by atoms with van der Waals surface area (Å²) in [6.45, 7) is 3.58. The average molecular weight is 302 g/mol. The summed E-state index contributed by atoms with van der Waals surface area (Å²) < 4.78 is 25.9. The van der Waals surface area contributed by atoms with Crippen molar-refractivity contribution >= 4 is 17.7 Å². The van der Waals surface area contributed by atoms with E-state index in [0.717, 1.165) is 12.1 Å². The third kappa shape index (κ3) is 4.59. The maximum atomic E-state index is 13.1. The number of carbonyl (C=O) groups excluding carboxylic acids is 1. The number of amides is 2. The number of aromatic hydroxyl groups is 1. The number of hydrogen-bond donors (Lipinski definition) is 4. The lowest BCUT2D eigenvalue weighted by molar-refractivity contribution is -0.139. The minimum Gasteiger partial charge on any atom is -0.503 e. The standard InChI is InChI=1S/C13H16F2N2O4/c1-6(2)5-9(12(19)20)17-13(21)16-8-4-3-7(14)10(15)11(8)18/h3-4,6,9,18H,5H2,1-2H3,(H,19,20)(H2,16,17,21). The molecule has 0 saturated carbocycles. The molecular weight excluding hydrogens is 286 g/mol. The Morgan fingerprint density at radius 3 is 2.43 bits per heavy atom. The molecule has 0 heterocycles. The summed E-state index contributed by atoms with van der Waals surface area (Å²) in [5, 5.41) is 22.6. The van der Waals surface area contributed by atoms with E-state index in [2.05, 4.69) is 10.6 Å². The topological polar surface area (TPSA) is 98.7 Å². The second-order valence-electron chi connectivity index (χ2n) is 4.88. The molecule has 0 saturated heterocycles. The van der Waals surface area contributed by atoms with Crippen LogP contribution in [-0.4, -0.2) is 28.3 Å². The largest absolute Gasteiger partial charge is 0.503 e. The number of hydrogen-bond acceptors (Lipinski definition) is 3. The average Bonchev–Trinajstić information content (AvgIpc) is 2.38. The highest BCUT2D eigenvalue weighted by Gasteiger charge is 2.22. The van der Waals surface area contributed by atoms with Crippen LogP contribution < -0.4 is 10.6 Å². The summed E-state index contributed by atoms with van der Waals surface area (Å²) in [5.74, 6) is -5.00. The van der Waals surface area contributed by atoms with Crippen molar-refractivity contribution in [2.75, 3.05) is 5.32 Å². The predicted octanol–water partition coefficient (Wildman–Crippen LogP) is 2.29. The van der Waals surface area contributed by atoms with Gasteiger partial charge >= 0.3 is 12.0 Å². The number of urea groups is 1. The summed E-state index contributed by atoms with van der Waals surface area (Å²) in [6.07, 6.45) is 0.201. The number of carboxylic acids is 1. The maximum absolute atomic E-state index is 13.1. The molecule has 2 amide bonds. The number of halogens is 2. The van der Waals surface area contributed by atoms with Crippen molar-refractivity contribution in [3.63, 3.8) is 0 Å². The number of carboxylic acid groups (broad SMARTS) is 1. The molecule has 0 aromatic heterocycles. The van der Waals surface area contributed by atoms with Crippen LogP contribution in [0, 0.1) is 17.6 Å². The first-order valence-electron chi connectivity index (χ1n) is 6.19. The van der Waals surface area contributed by atoms with Crippen molar-refractivity contribution in [3.8, 4) is 5.75 Å². The van der Waals surface area contributed by atoms with Gasteiger partial charge in [0.25, 0.3) is 0 Å². The van der Waals surface area contributed by atoms with Gasteiger partial charge < -0.3 is 20.8 Å². The Morgan fingerprint density at radius 2 is 1.90 bits per heavy atom. The molecule has 0 aliphatic heterocycles. The third-order valence-corrected chi connectivity index (χ3v) is 2.63. The quantitative estimate of drug-likeness (QED) is 0.627. The number of phenolic OH excluding ortho intramolecular Hbond substituents is 1. The summed E-state index contributed by atoms with van der Waals surface area (Å²) >= 11 is 0. The molecule has 8 heteroatoms. The second-order valence-corrected chi connectivity index (χ2v) is 4.88. The predicted molar refractivity (Wildman–Crippen MR) is 71.1 cm³/mol. The number of nitrogens with one attached hydrogen (secondary N) is 2. The highest BCUT2D eigenvalue weighted by molar-refractivity contribution is 5.93. The Hall–Kier alpha value is -2.38. The van der Waals surface area contributed by atoms with E-state index >= 15 is 0 Å². The molecular formula is C13H16F2N2O4. The lowest BCUT2D eigenvalue weighted by Gasteiger charge is -2.17. The summed E-state index contributed by atoms with van der Waals surface area (Å²) in [7, 11) is 0. The Balaban J connectivity index is 2.77. The van der Waals surface area contributed by atoms with Gasteiger partial charge in [-0.15, -0.1) is 0 Å². The monoisotopic (exact) mass is 302 g/mol. The molecule has 0 bridgehead atoms. The van der Waals surface area contributed by atoms with Crippen molar-refractivity contribution in [1.29, 1.82) is 0 Å². The van der Waals surface area contributed by atoms with Crippen molar-refractivity contribution < 1.29 is 28.6 Å². The Kier molecular flexibility index (Phi) is 5.45. The van der Waals surface area contributed by atoms with Crippen molar-refractivity contribution in [3.05, 3.63) is 23.8 Å². The lowest BCUT2D eigenvalue weighted by atomic mass is 10.0. The molecule has 1 atom stereocenters. The van der Waals surface area contributed by atoms with E-state index in [1.54, 1.807) is 13.8 Å². The van der Waals surface area contributed by atoms with E-state index < -0.39 is 35.4 Å². The molecule has 1 aromatic carbocycles. The fourth-order valence-electron chi connectivity index (χ4n) is 1.65. The molecule has 1 aromatic rings. The van der Waals surface area contributed by atoms with Crippen LogP contribution in [0.4, 0.5) is 19.3 Å². The molecule has 0 fully saturated rings. The molecule has 21 heavy (non-hydrogen) atoms. The van der Waals surface area contributed by atoms with Crippen LogP contribution >= 0.6 is 0 Å². The van der Waals surface area contributed by atoms with E-state index in [0.29, 0.717) is 0 Å². The summed E-state index contributed by atoms with van der Waals surface area (Å²) in [5.41, 5.74) is -0.361. The molecule has 6 nitrogen and oxygen atoms in total. The maximum Gasteiger partial charge on any atom is 0.326 e. The number of rotatable bonds is 5. The van der Waals surface area contributed by atoms with E-state index in [4.69, 9.17) is 5.11 Å². The summed E-state index contributed by atoms with van der Waals surface area (Å²) in [4.78, 5) is 22.6. The first kappa shape index (κ1) is 16.7. The second kappa shape index (κ2) is 6.87. The van der Waals surface area contributed by atoms with Crippen LogP contribution in [0.5, 0.6) is 5.75 Å². The van der Waals surface area contributed by atoms with Crippen molar-refractivity contribution in [2.24, 2.45) is 5.92 Å². The molecule has 1 unspecified atom stereocenters. The molecule has 116 valence electrons. The third-order valence-electron chi connectivity index (χ3n) is 2.63. The Labute approximate surface area is 119 Å². The normalized spacial score (nSPS) is 12.0. The fourth-order valence-corrected chi connectivity index (χ4v) is 1.65. The Bertz CT molecular complexity index is 549. The molecule has 0 spiro atoms. The van der Waals surface area contributed by atoms with Gasteiger partial charge in [-0.25, -0.2) is 14.0 Å². The molecule has 0 aliphatic rings. The molecule has 4 N–H and O–H groups in total. The smallest absolute Gasteiger partial charge is 0.326 e. The van der Waals surface area contributed by atoms with Crippen molar-refractivity contribution in [2.45, 2.75) is 26.3 Å². The lowest BCUT2D eigenvalue weighted by Crippen LogP contribution is -2.43. The zero-order valence-electron chi connectivity index (χ0n) is 11.5. The van der Waals surface area contributed by atoms with E-state index in [1.807, 2.05) is 0 Å². The van der Waals surface area contributed by atoms with Crippen molar-refractivity contribution in [1.82, 2.24) is 5.32 Å². The van der Waals surface area contributed by atoms with Crippen LogP contribution in [0.15, 0.2) is 12.1 Å². The van der Waals surface area contributed by atoms with Gasteiger partial charge in [0.1, 0.15) is 6.04 Å². The SMILES string of the molecule is CC(C)CC(NC(=O)Nc1ccc(F)c(F)c1O)C(=O)O. The van der Waals surface area contributed by atoms with E-state index in [9.17, 15) is 23.5 Å². The minimum absolute atomic E-state index is 0.0306. The number of phenols is 1. The first-order chi connectivity index (χ1) is 9.72. The zero-order chi connectivity index (χ0) is 16.2. The molecule has 1 rings (SSSR count). The van der Waals surface area contributed by atoms with Crippen LogP contribution in [0.25, 0.3) is 0 Å². The molecule has 0 radical (unpaired) electrons. The zero-order valence-corrected chi connectivity index (χ0v) is 11.5. The Morgan fingerprint density at radius 1 is 1.29 bits per heavy atom. The van der Waals surface area contributed by atoms with Gasteiger partial charge in [0.2, 0.25) is 5.82 Å². The van der Waals surface area contributed by atoms with Gasteiger partial charge in [-0.1, -0.05) is 13.8 Å². The first-order valence-corrected chi connectivity index (χ1v) is 6.19. The van der Waals surface area contributed by atoms with Gasteiger partial charge in [0.15, 0.2) is 11.6 Å². The highest BCUT2D eigenvalue weighted by atomic mass is 19.2.